The highest BCUT2D eigenvalue weighted by Gasteiger charge is 2.24. The zero-order chi connectivity index (χ0) is 16.8. The SMILES string of the molecule is Cc1cn(S(=O)(=O)c2ccccc2)c2ncc([N+](=O)[O-])c(C)c12. The molecule has 8 heteroatoms. The van der Waals surface area contributed by atoms with Gasteiger partial charge in [-0.3, -0.25) is 10.1 Å². The highest BCUT2D eigenvalue weighted by molar-refractivity contribution is 7.90. The largest absolute Gasteiger partial charge is 0.291 e. The number of hydrogen-bond acceptors (Lipinski definition) is 5. The van der Waals surface area contributed by atoms with E-state index in [4.69, 9.17) is 0 Å². The van der Waals surface area contributed by atoms with Gasteiger partial charge in [0.05, 0.1) is 9.82 Å². The molecule has 0 aliphatic heterocycles. The first-order valence-corrected chi connectivity index (χ1v) is 8.20. The minimum atomic E-state index is -3.81. The Morgan fingerprint density at radius 1 is 1.17 bits per heavy atom. The first-order valence-electron chi connectivity index (χ1n) is 6.76. The molecular formula is C15H13N3O4S. The van der Waals surface area contributed by atoms with Gasteiger partial charge < -0.3 is 0 Å². The second-order valence-corrected chi connectivity index (χ2v) is 6.97. The number of nitro groups is 1. The monoisotopic (exact) mass is 331 g/mol. The molecule has 23 heavy (non-hydrogen) atoms. The Labute approximate surface area is 132 Å². The zero-order valence-corrected chi connectivity index (χ0v) is 13.2. The summed E-state index contributed by atoms with van der Waals surface area (Å²) in [6, 6.07) is 7.98. The van der Waals surface area contributed by atoms with Crippen LogP contribution in [0.25, 0.3) is 11.0 Å². The van der Waals surface area contributed by atoms with Crippen LogP contribution in [0.15, 0.2) is 47.6 Å². The van der Waals surface area contributed by atoms with E-state index in [1.165, 1.54) is 18.3 Å². The normalized spacial score (nSPS) is 11.7. The average Bonchev–Trinajstić information content (AvgIpc) is 2.87. The van der Waals surface area contributed by atoms with Crippen molar-refractivity contribution in [3.8, 4) is 0 Å². The van der Waals surface area contributed by atoms with Crippen LogP contribution in [0, 0.1) is 24.0 Å². The highest BCUT2D eigenvalue weighted by Crippen LogP contribution is 2.31. The number of hydrogen-bond donors (Lipinski definition) is 0. The van der Waals surface area contributed by atoms with E-state index in [2.05, 4.69) is 4.98 Å². The Balaban J connectivity index is 2.33. The van der Waals surface area contributed by atoms with Gasteiger partial charge in [-0.2, -0.15) is 0 Å². The second kappa shape index (κ2) is 5.17. The van der Waals surface area contributed by atoms with Crippen LogP contribution >= 0.6 is 0 Å². The van der Waals surface area contributed by atoms with Crippen molar-refractivity contribution in [2.45, 2.75) is 18.7 Å². The maximum atomic E-state index is 12.8. The lowest BCUT2D eigenvalue weighted by molar-refractivity contribution is -0.385. The molecule has 0 saturated heterocycles. The van der Waals surface area contributed by atoms with Crippen molar-refractivity contribution in [3.63, 3.8) is 0 Å². The molecule has 0 fully saturated rings. The number of fused-ring (bicyclic) bond motifs is 1. The Hall–Kier alpha value is -2.74. The molecule has 0 spiro atoms. The van der Waals surface area contributed by atoms with Gasteiger partial charge in [0.15, 0.2) is 5.65 Å². The Kier molecular flexibility index (Phi) is 3.41. The molecule has 0 unspecified atom stereocenters. The summed E-state index contributed by atoms with van der Waals surface area (Å²) in [6.07, 6.45) is 2.53. The van der Waals surface area contributed by atoms with E-state index in [1.807, 2.05) is 0 Å². The van der Waals surface area contributed by atoms with Crippen LogP contribution in [-0.2, 0) is 10.0 Å². The molecule has 0 bridgehead atoms. The Morgan fingerprint density at radius 2 is 1.83 bits per heavy atom. The molecule has 0 aliphatic rings. The summed E-state index contributed by atoms with van der Waals surface area (Å²) in [6.45, 7) is 3.30. The van der Waals surface area contributed by atoms with Gasteiger partial charge in [-0.05, 0) is 31.5 Å². The van der Waals surface area contributed by atoms with Gasteiger partial charge in [-0.1, -0.05) is 18.2 Å². The summed E-state index contributed by atoms with van der Waals surface area (Å²) in [5.41, 5.74) is 1.08. The van der Waals surface area contributed by atoms with Crippen LogP contribution < -0.4 is 0 Å². The fourth-order valence-corrected chi connectivity index (χ4v) is 3.98. The minimum Gasteiger partial charge on any atom is -0.258 e. The predicted molar refractivity (Wildman–Crippen MR) is 84.9 cm³/mol. The van der Waals surface area contributed by atoms with Crippen molar-refractivity contribution in [3.05, 3.63) is 64.0 Å². The summed E-state index contributed by atoms with van der Waals surface area (Å²) in [5.74, 6) is 0. The third-order valence-corrected chi connectivity index (χ3v) is 5.37. The van der Waals surface area contributed by atoms with Crippen LogP contribution in [0.3, 0.4) is 0 Å². The van der Waals surface area contributed by atoms with Gasteiger partial charge in [0.2, 0.25) is 0 Å². The van der Waals surface area contributed by atoms with Crippen molar-refractivity contribution in [1.29, 1.82) is 0 Å². The molecule has 0 radical (unpaired) electrons. The molecule has 0 N–H and O–H groups in total. The minimum absolute atomic E-state index is 0.129. The number of benzene rings is 1. The third kappa shape index (κ3) is 2.27. The van der Waals surface area contributed by atoms with E-state index in [0.29, 0.717) is 16.5 Å². The lowest BCUT2D eigenvalue weighted by Gasteiger charge is -2.07. The summed E-state index contributed by atoms with van der Waals surface area (Å²) >= 11 is 0. The number of aromatic nitrogens is 2. The summed E-state index contributed by atoms with van der Waals surface area (Å²) in [4.78, 5) is 14.7. The molecule has 0 amide bonds. The molecule has 2 heterocycles. The van der Waals surface area contributed by atoms with Gasteiger partial charge in [-0.25, -0.2) is 17.4 Å². The van der Waals surface area contributed by atoms with Gasteiger partial charge >= 0.3 is 0 Å². The van der Waals surface area contributed by atoms with Gasteiger partial charge in [0, 0.05) is 17.1 Å². The predicted octanol–water partition coefficient (Wildman–Crippen LogP) is 2.80. The van der Waals surface area contributed by atoms with Crippen molar-refractivity contribution in [2.75, 3.05) is 0 Å². The van der Waals surface area contributed by atoms with E-state index in [0.717, 1.165) is 10.2 Å². The molecule has 1 aromatic carbocycles. The first-order chi connectivity index (χ1) is 10.8. The summed E-state index contributed by atoms with van der Waals surface area (Å²) in [7, 11) is -3.81. The molecular weight excluding hydrogens is 318 g/mol. The number of rotatable bonds is 3. The molecule has 0 saturated carbocycles. The second-order valence-electron chi connectivity index (χ2n) is 5.15. The van der Waals surface area contributed by atoms with E-state index in [9.17, 15) is 18.5 Å². The van der Waals surface area contributed by atoms with E-state index < -0.39 is 14.9 Å². The topological polar surface area (TPSA) is 95.1 Å². The zero-order valence-electron chi connectivity index (χ0n) is 12.4. The fourth-order valence-electron chi connectivity index (χ4n) is 2.59. The molecule has 7 nitrogen and oxygen atoms in total. The Morgan fingerprint density at radius 3 is 2.43 bits per heavy atom. The Bertz CT molecular complexity index is 1020. The van der Waals surface area contributed by atoms with Crippen molar-refractivity contribution in [1.82, 2.24) is 8.96 Å². The van der Waals surface area contributed by atoms with E-state index >= 15 is 0 Å². The standard InChI is InChI=1S/C15H13N3O4S/c1-10-9-17(23(21,22)12-6-4-3-5-7-12)15-14(10)11(2)13(8-16-15)18(19)20/h3-9H,1-2H3. The molecule has 3 rings (SSSR count). The number of nitrogens with zero attached hydrogens (tertiary/aromatic N) is 3. The molecule has 0 atom stereocenters. The average molecular weight is 331 g/mol. The molecule has 0 aliphatic carbocycles. The maximum absolute atomic E-state index is 12.8. The lowest BCUT2D eigenvalue weighted by Crippen LogP contribution is -2.12. The maximum Gasteiger partial charge on any atom is 0.291 e. The van der Waals surface area contributed by atoms with Crippen LogP contribution in [-0.4, -0.2) is 22.3 Å². The van der Waals surface area contributed by atoms with Gasteiger partial charge in [0.25, 0.3) is 15.7 Å². The van der Waals surface area contributed by atoms with Crippen LogP contribution in [0.1, 0.15) is 11.1 Å². The van der Waals surface area contributed by atoms with Crippen molar-refractivity contribution >= 4 is 26.7 Å². The van der Waals surface area contributed by atoms with Gasteiger partial charge in [0.1, 0.15) is 6.20 Å². The van der Waals surface area contributed by atoms with E-state index in [-0.39, 0.29) is 16.2 Å². The van der Waals surface area contributed by atoms with Gasteiger partial charge in [-0.15, -0.1) is 0 Å². The first kappa shape index (κ1) is 15.2. The van der Waals surface area contributed by atoms with Crippen LogP contribution in [0.4, 0.5) is 5.69 Å². The van der Waals surface area contributed by atoms with Crippen molar-refractivity contribution in [2.24, 2.45) is 0 Å². The molecule has 3 aromatic rings. The smallest absolute Gasteiger partial charge is 0.258 e. The molecule has 2 aromatic heterocycles. The quantitative estimate of drug-likeness (QED) is 0.543. The van der Waals surface area contributed by atoms with Crippen LogP contribution in [0.5, 0.6) is 0 Å². The van der Waals surface area contributed by atoms with Crippen LogP contribution in [0.2, 0.25) is 0 Å². The fraction of sp³-hybridized carbons (Fsp3) is 0.133. The summed E-state index contributed by atoms with van der Waals surface area (Å²) < 4.78 is 26.6. The van der Waals surface area contributed by atoms with Crippen molar-refractivity contribution < 1.29 is 13.3 Å². The number of aryl methyl sites for hydroxylation is 2. The highest BCUT2D eigenvalue weighted by atomic mass is 32.2. The molecule has 118 valence electrons. The number of pyridine rings is 1. The third-order valence-electron chi connectivity index (χ3n) is 3.70. The lowest BCUT2D eigenvalue weighted by atomic mass is 10.1. The summed E-state index contributed by atoms with van der Waals surface area (Å²) in [5, 5.41) is 11.5. The van der Waals surface area contributed by atoms with E-state index in [1.54, 1.807) is 32.0 Å².